The second kappa shape index (κ2) is 7.44. The van der Waals surface area contributed by atoms with Crippen LogP contribution in [0.4, 0.5) is 11.9 Å². The van der Waals surface area contributed by atoms with Crippen molar-refractivity contribution in [3.8, 4) is 0 Å². The molecule has 0 saturated carbocycles. The van der Waals surface area contributed by atoms with Crippen LogP contribution in [0.3, 0.4) is 0 Å². The number of rotatable bonds is 3. The van der Waals surface area contributed by atoms with E-state index < -0.39 is 0 Å². The Morgan fingerprint density at radius 1 is 0.812 bits per heavy atom. The number of benzene rings is 2. The quantitative estimate of drug-likeness (QED) is 0.509. The van der Waals surface area contributed by atoms with Crippen LogP contribution in [0, 0.1) is 11.8 Å². The predicted octanol–water partition coefficient (Wildman–Crippen LogP) is 3.88. The van der Waals surface area contributed by atoms with Crippen LogP contribution in [0.5, 0.6) is 0 Å². The fraction of sp³-hybridized carbons (Fsp3) is 0.280. The average Bonchev–Trinajstić information content (AvgIpc) is 3.38. The van der Waals surface area contributed by atoms with Crippen LogP contribution in [0.15, 0.2) is 72.8 Å². The van der Waals surface area contributed by atoms with Gasteiger partial charge in [-0.2, -0.15) is 4.98 Å². The highest BCUT2D eigenvalue weighted by molar-refractivity contribution is 6.21. The number of hydrogen-bond acceptors (Lipinski definition) is 5. The van der Waals surface area contributed by atoms with Crippen molar-refractivity contribution in [2.45, 2.75) is 31.3 Å². The van der Waals surface area contributed by atoms with E-state index in [1.54, 1.807) is 0 Å². The number of nitrogens with zero attached hydrogens (tertiary/aromatic N) is 4. The molecule has 1 aromatic heterocycles. The van der Waals surface area contributed by atoms with Crippen molar-refractivity contribution in [1.29, 1.82) is 0 Å². The smallest absolute Gasteiger partial charge is 0.260 e. The van der Waals surface area contributed by atoms with Crippen LogP contribution >= 0.6 is 0 Å². The van der Waals surface area contributed by atoms with Gasteiger partial charge in [0.1, 0.15) is 0 Å². The maximum absolute atomic E-state index is 13.1. The van der Waals surface area contributed by atoms with Gasteiger partial charge >= 0.3 is 0 Å². The minimum absolute atomic E-state index is 0.0442. The lowest BCUT2D eigenvalue weighted by Crippen LogP contribution is -2.32. The lowest BCUT2D eigenvalue weighted by atomic mass is 9.85. The molecule has 2 amide bonds. The summed E-state index contributed by atoms with van der Waals surface area (Å²) in [5.41, 5.74) is 2.28. The van der Waals surface area contributed by atoms with Gasteiger partial charge in [0.15, 0.2) is 0 Å². The number of amides is 2. The van der Waals surface area contributed by atoms with Crippen molar-refractivity contribution in [2.24, 2.45) is 11.8 Å². The molecule has 1 saturated heterocycles. The Morgan fingerprint density at radius 2 is 1.41 bits per heavy atom. The number of anilines is 2. The molecule has 32 heavy (non-hydrogen) atoms. The first-order valence-corrected chi connectivity index (χ1v) is 11.1. The van der Waals surface area contributed by atoms with Gasteiger partial charge in [0.25, 0.3) is 5.95 Å². The number of carbonyl (C=O) groups excluding carboxylic acids is 2. The monoisotopic (exact) mass is 425 g/mol. The molecule has 6 rings (SSSR count). The van der Waals surface area contributed by atoms with E-state index in [0.717, 1.165) is 17.5 Å². The summed E-state index contributed by atoms with van der Waals surface area (Å²) in [5, 5.41) is 8.16. The van der Waals surface area contributed by atoms with Crippen molar-refractivity contribution >= 4 is 23.7 Å². The molecule has 3 aromatic rings. The Balaban J connectivity index is 1.40. The number of nitrogens with one attached hydrogen (secondary N) is 1. The molecule has 7 heteroatoms. The van der Waals surface area contributed by atoms with Gasteiger partial charge in [-0.1, -0.05) is 72.8 Å². The molecule has 0 unspecified atom stereocenters. The van der Waals surface area contributed by atoms with Crippen molar-refractivity contribution in [2.75, 3.05) is 10.2 Å². The lowest BCUT2D eigenvalue weighted by Gasteiger charge is -2.31. The molecule has 7 nitrogen and oxygen atoms in total. The topological polar surface area (TPSA) is 80.1 Å². The Kier molecular flexibility index (Phi) is 4.41. The molecule has 3 aliphatic rings. The van der Waals surface area contributed by atoms with Crippen LogP contribution < -0.4 is 10.2 Å². The van der Waals surface area contributed by atoms with Gasteiger partial charge in [-0.15, -0.1) is 5.10 Å². The third-order valence-corrected chi connectivity index (χ3v) is 6.77. The molecule has 0 spiro atoms. The number of imide groups is 1. The van der Waals surface area contributed by atoms with E-state index >= 15 is 0 Å². The van der Waals surface area contributed by atoms with E-state index in [9.17, 15) is 9.59 Å². The molecule has 3 heterocycles. The Hall–Kier alpha value is -3.74. The minimum Gasteiger partial charge on any atom is -0.347 e. The molecule has 160 valence electrons. The zero-order valence-corrected chi connectivity index (χ0v) is 17.5. The number of allylic oxidation sites excluding steroid dienone is 2. The van der Waals surface area contributed by atoms with Crippen LogP contribution in [-0.4, -0.2) is 26.6 Å². The first-order valence-electron chi connectivity index (χ1n) is 11.1. The maximum Gasteiger partial charge on any atom is 0.260 e. The summed E-state index contributed by atoms with van der Waals surface area (Å²) in [6.45, 7) is 0. The molecule has 2 aromatic carbocycles. The zero-order valence-electron chi connectivity index (χ0n) is 17.5. The molecule has 0 radical (unpaired) electrons. The third kappa shape index (κ3) is 2.96. The van der Waals surface area contributed by atoms with E-state index in [-0.39, 0.29) is 41.7 Å². The first kappa shape index (κ1) is 19.0. The highest BCUT2D eigenvalue weighted by atomic mass is 16.2. The highest BCUT2D eigenvalue weighted by Gasteiger charge is 2.49. The van der Waals surface area contributed by atoms with Crippen LogP contribution in [-0.2, 0) is 9.59 Å². The normalized spacial score (nSPS) is 26.6. The minimum atomic E-state index is -0.303. The zero-order chi connectivity index (χ0) is 21.7. The van der Waals surface area contributed by atoms with E-state index in [1.165, 1.54) is 4.90 Å². The largest absolute Gasteiger partial charge is 0.347 e. The Bertz CT molecular complexity index is 1180. The van der Waals surface area contributed by atoms with E-state index in [0.29, 0.717) is 18.8 Å². The van der Waals surface area contributed by atoms with Crippen molar-refractivity contribution < 1.29 is 9.59 Å². The summed E-state index contributed by atoms with van der Waals surface area (Å²) < 4.78 is 1.82. The molecular formula is C25H23N5O2. The Labute approximate surface area is 185 Å². The second-order valence-electron chi connectivity index (χ2n) is 8.62. The SMILES string of the molecule is O=C1[C@H]2CC=CC[C@@H]2C(=O)N1c1nc2n(n1)[C@H](c1ccccc1)C[C@@H](c1ccccc1)N2. The number of aromatic nitrogens is 3. The molecule has 1 N–H and O–H groups in total. The van der Waals surface area contributed by atoms with Gasteiger partial charge in [0.2, 0.25) is 17.8 Å². The third-order valence-electron chi connectivity index (χ3n) is 6.77. The maximum atomic E-state index is 13.1. The summed E-state index contributed by atoms with van der Waals surface area (Å²) in [6.07, 6.45) is 5.94. The lowest BCUT2D eigenvalue weighted by molar-refractivity contribution is -0.122. The summed E-state index contributed by atoms with van der Waals surface area (Å²) in [5.74, 6) is -0.244. The number of hydrogen-bond donors (Lipinski definition) is 1. The fourth-order valence-corrected chi connectivity index (χ4v) is 5.11. The van der Waals surface area contributed by atoms with Crippen molar-refractivity contribution in [1.82, 2.24) is 14.8 Å². The van der Waals surface area contributed by atoms with Gasteiger partial charge in [0.05, 0.1) is 23.9 Å². The standard InChI is InChI=1S/C25H23N5O2/c31-22-18-13-7-8-14-19(18)23(32)29(22)25-27-24-26-20(16-9-3-1-4-10-16)15-21(30(24)28-25)17-11-5-2-6-12-17/h1-12,18-21H,13-15H2,(H,26,27,28)/t18-,19-,20-,21-/m0/s1. The fourth-order valence-electron chi connectivity index (χ4n) is 5.11. The van der Waals surface area contributed by atoms with Crippen LogP contribution in [0.1, 0.15) is 42.5 Å². The molecule has 1 fully saturated rings. The first-order chi connectivity index (χ1) is 15.7. The molecule has 2 aliphatic heterocycles. The molecular weight excluding hydrogens is 402 g/mol. The summed E-state index contributed by atoms with van der Waals surface area (Å²) >= 11 is 0. The number of fused-ring (bicyclic) bond motifs is 2. The second-order valence-corrected chi connectivity index (χ2v) is 8.62. The van der Waals surface area contributed by atoms with E-state index in [1.807, 2.05) is 53.2 Å². The summed E-state index contributed by atoms with van der Waals surface area (Å²) in [7, 11) is 0. The molecule has 1 aliphatic carbocycles. The van der Waals surface area contributed by atoms with Gasteiger partial charge < -0.3 is 5.32 Å². The highest BCUT2D eigenvalue weighted by Crippen LogP contribution is 2.41. The van der Waals surface area contributed by atoms with Crippen molar-refractivity contribution in [3.05, 3.63) is 83.9 Å². The van der Waals surface area contributed by atoms with Crippen molar-refractivity contribution in [3.63, 3.8) is 0 Å². The van der Waals surface area contributed by atoms with Gasteiger partial charge in [-0.05, 0) is 30.4 Å². The number of carbonyl (C=O) groups is 2. The van der Waals surface area contributed by atoms with Gasteiger partial charge in [-0.25, -0.2) is 9.58 Å². The average molecular weight is 425 g/mol. The molecule has 4 atom stereocenters. The van der Waals surface area contributed by atoms with Crippen LogP contribution in [0.2, 0.25) is 0 Å². The van der Waals surface area contributed by atoms with Gasteiger partial charge in [-0.3, -0.25) is 9.59 Å². The predicted molar refractivity (Wildman–Crippen MR) is 120 cm³/mol. The summed E-state index contributed by atoms with van der Waals surface area (Å²) in [6, 6.07) is 20.4. The molecule has 0 bridgehead atoms. The van der Waals surface area contributed by atoms with Gasteiger partial charge in [0, 0.05) is 0 Å². The van der Waals surface area contributed by atoms with E-state index in [2.05, 4.69) is 39.7 Å². The van der Waals surface area contributed by atoms with E-state index in [4.69, 9.17) is 0 Å². The van der Waals surface area contributed by atoms with Crippen LogP contribution in [0.25, 0.3) is 0 Å². The summed E-state index contributed by atoms with van der Waals surface area (Å²) in [4.78, 5) is 32.0. The Morgan fingerprint density at radius 3 is 2.03 bits per heavy atom.